The van der Waals surface area contributed by atoms with Crippen molar-refractivity contribution in [2.75, 3.05) is 0 Å². The summed E-state index contributed by atoms with van der Waals surface area (Å²) in [6, 6.07) is 9.89. The third-order valence-electron chi connectivity index (χ3n) is 3.59. The Hall–Kier alpha value is -1.70. The maximum atomic E-state index is 12.7. The van der Waals surface area contributed by atoms with Gasteiger partial charge in [-0.05, 0) is 29.0 Å². The van der Waals surface area contributed by atoms with Gasteiger partial charge in [0, 0.05) is 6.54 Å². The molecule has 1 aliphatic heterocycles. The number of primary amides is 1. The lowest BCUT2D eigenvalue weighted by molar-refractivity contribution is -0.122. The van der Waals surface area contributed by atoms with Gasteiger partial charge < -0.3 is 5.73 Å². The number of nitrogens with two attached hydrogens (primary N) is 1. The van der Waals surface area contributed by atoms with E-state index in [9.17, 15) is 13.2 Å². The first-order valence-electron chi connectivity index (χ1n) is 6.41. The van der Waals surface area contributed by atoms with Gasteiger partial charge in [0.05, 0.1) is 0 Å². The van der Waals surface area contributed by atoms with Crippen LogP contribution in [0, 0.1) is 0 Å². The van der Waals surface area contributed by atoms with Crippen molar-refractivity contribution in [3.63, 3.8) is 0 Å². The third kappa shape index (κ3) is 2.48. The van der Waals surface area contributed by atoms with Crippen LogP contribution >= 0.6 is 11.3 Å². The Morgan fingerprint density at radius 3 is 2.52 bits per heavy atom. The van der Waals surface area contributed by atoms with Crippen LogP contribution in [0.2, 0.25) is 0 Å². The molecule has 0 fully saturated rings. The fourth-order valence-corrected chi connectivity index (χ4v) is 5.21. The van der Waals surface area contributed by atoms with Crippen molar-refractivity contribution >= 4 is 27.3 Å². The number of nitrogens with zero attached hydrogens (tertiary/aromatic N) is 1. The Morgan fingerprint density at radius 1 is 1.19 bits per heavy atom. The maximum absolute atomic E-state index is 12.7. The Bertz CT molecular complexity index is 769. The molecule has 0 unspecified atom stereocenters. The SMILES string of the molecule is NC(=O)[C@@H]1Cc2ccccc2CN1S(=O)(=O)c1cccs1. The summed E-state index contributed by atoms with van der Waals surface area (Å²) in [4.78, 5) is 11.7. The van der Waals surface area contributed by atoms with Crippen LogP contribution < -0.4 is 5.73 Å². The second-order valence-corrected chi connectivity index (χ2v) is 7.94. The van der Waals surface area contributed by atoms with E-state index >= 15 is 0 Å². The van der Waals surface area contributed by atoms with Crippen molar-refractivity contribution in [2.24, 2.45) is 5.73 Å². The number of rotatable bonds is 3. The molecule has 3 rings (SSSR count). The van der Waals surface area contributed by atoms with Crippen LogP contribution in [-0.4, -0.2) is 24.7 Å². The molecule has 1 aromatic heterocycles. The summed E-state index contributed by atoms with van der Waals surface area (Å²) in [7, 11) is -3.70. The van der Waals surface area contributed by atoms with Crippen molar-refractivity contribution in [2.45, 2.75) is 23.2 Å². The van der Waals surface area contributed by atoms with E-state index in [1.807, 2.05) is 24.3 Å². The highest BCUT2D eigenvalue weighted by Crippen LogP contribution is 2.30. The van der Waals surface area contributed by atoms with Crippen LogP contribution in [-0.2, 0) is 27.8 Å². The lowest BCUT2D eigenvalue weighted by Crippen LogP contribution is -2.50. The molecule has 1 amide bonds. The molecule has 1 atom stereocenters. The van der Waals surface area contributed by atoms with Crippen LogP contribution in [0.5, 0.6) is 0 Å². The average Bonchev–Trinajstić information content (AvgIpc) is 3.00. The van der Waals surface area contributed by atoms with Gasteiger partial charge in [-0.25, -0.2) is 8.42 Å². The summed E-state index contributed by atoms with van der Waals surface area (Å²) in [5.74, 6) is -0.621. The molecule has 0 radical (unpaired) electrons. The van der Waals surface area contributed by atoms with Gasteiger partial charge in [0.1, 0.15) is 10.3 Å². The Balaban J connectivity index is 2.06. The Morgan fingerprint density at radius 2 is 1.90 bits per heavy atom. The van der Waals surface area contributed by atoms with E-state index in [1.54, 1.807) is 17.5 Å². The minimum Gasteiger partial charge on any atom is -0.368 e. The predicted molar refractivity (Wildman–Crippen MR) is 80.2 cm³/mol. The Labute approximate surface area is 127 Å². The smallest absolute Gasteiger partial charge is 0.253 e. The van der Waals surface area contributed by atoms with Gasteiger partial charge >= 0.3 is 0 Å². The molecule has 7 heteroatoms. The molecule has 1 aliphatic rings. The highest BCUT2D eigenvalue weighted by molar-refractivity contribution is 7.91. The number of carbonyl (C=O) groups excluding carboxylic acids is 1. The molecule has 2 heterocycles. The summed E-state index contributed by atoms with van der Waals surface area (Å²) >= 11 is 1.14. The van der Waals surface area contributed by atoms with Gasteiger partial charge in [-0.15, -0.1) is 11.3 Å². The number of benzene rings is 1. The highest BCUT2D eigenvalue weighted by Gasteiger charge is 2.38. The molecular formula is C14H14N2O3S2. The second-order valence-electron chi connectivity index (χ2n) is 4.87. The first-order valence-corrected chi connectivity index (χ1v) is 8.73. The monoisotopic (exact) mass is 322 g/mol. The van der Waals surface area contributed by atoms with Crippen LogP contribution in [0.15, 0.2) is 46.0 Å². The van der Waals surface area contributed by atoms with E-state index in [0.29, 0.717) is 6.42 Å². The molecule has 5 nitrogen and oxygen atoms in total. The quantitative estimate of drug-likeness (QED) is 0.926. The van der Waals surface area contributed by atoms with Crippen LogP contribution in [0.3, 0.4) is 0 Å². The molecule has 0 saturated carbocycles. The van der Waals surface area contributed by atoms with Crippen molar-refractivity contribution in [1.29, 1.82) is 0 Å². The molecule has 0 aliphatic carbocycles. The standard InChI is InChI=1S/C14H14N2O3S2/c15-14(17)12-8-10-4-1-2-5-11(10)9-16(12)21(18,19)13-6-3-7-20-13/h1-7,12H,8-9H2,(H2,15,17)/t12-/m0/s1. The van der Waals surface area contributed by atoms with Crippen LogP contribution in [0.4, 0.5) is 0 Å². The average molecular weight is 322 g/mol. The summed E-state index contributed by atoms with van der Waals surface area (Å²) in [5.41, 5.74) is 7.31. The zero-order chi connectivity index (χ0) is 15.0. The topological polar surface area (TPSA) is 80.5 Å². The number of carbonyl (C=O) groups is 1. The lowest BCUT2D eigenvalue weighted by Gasteiger charge is -2.33. The van der Waals surface area contributed by atoms with E-state index in [2.05, 4.69) is 0 Å². The number of fused-ring (bicyclic) bond motifs is 1. The van der Waals surface area contributed by atoms with Gasteiger partial charge in [-0.2, -0.15) is 4.31 Å². The van der Waals surface area contributed by atoms with E-state index in [0.717, 1.165) is 22.5 Å². The highest BCUT2D eigenvalue weighted by atomic mass is 32.2. The molecule has 2 aromatic rings. The molecule has 0 saturated heterocycles. The first-order chi connectivity index (χ1) is 10.00. The van der Waals surface area contributed by atoms with Gasteiger partial charge in [-0.1, -0.05) is 30.3 Å². The minimum absolute atomic E-state index is 0.171. The van der Waals surface area contributed by atoms with Gasteiger partial charge in [-0.3, -0.25) is 4.79 Å². The van der Waals surface area contributed by atoms with E-state index in [4.69, 9.17) is 5.73 Å². The fraction of sp³-hybridized carbons (Fsp3) is 0.214. The zero-order valence-electron chi connectivity index (χ0n) is 11.1. The number of sulfonamides is 1. The van der Waals surface area contributed by atoms with Gasteiger partial charge in [0.2, 0.25) is 5.91 Å². The van der Waals surface area contributed by atoms with Gasteiger partial charge in [0.15, 0.2) is 0 Å². The van der Waals surface area contributed by atoms with Crippen molar-refractivity contribution in [1.82, 2.24) is 4.31 Å². The summed E-state index contributed by atoms with van der Waals surface area (Å²) in [6.07, 6.45) is 0.316. The number of amides is 1. The number of hydrogen-bond acceptors (Lipinski definition) is 4. The van der Waals surface area contributed by atoms with E-state index in [1.165, 1.54) is 4.31 Å². The zero-order valence-corrected chi connectivity index (χ0v) is 12.7. The number of thiophene rings is 1. The van der Waals surface area contributed by atoms with Crippen molar-refractivity contribution in [3.05, 3.63) is 52.9 Å². The number of hydrogen-bond donors (Lipinski definition) is 1. The molecule has 2 N–H and O–H groups in total. The largest absolute Gasteiger partial charge is 0.368 e. The predicted octanol–water partition coefficient (Wildman–Crippen LogP) is 1.35. The summed E-state index contributed by atoms with van der Waals surface area (Å²) in [5, 5.41) is 1.70. The fourth-order valence-electron chi connectivity index (χ4n) is 2.52. The van der Waals surface area contributed by atoms with Crippen LogP contribution in [0.1, 0.15) is 11.1 Å². The lowest BCUT2D eigenvalue weighted by atomic mass is 9.96. The first kappa shape index (κ1) is 14.2. The maximum Gasteiger partial charge on any atom is 0.253 e. The third-order valence-corrected chi connectivity index (χ3v) is 6.82. The minimum atomic E-state index is -3.70. The van der Waals surface area contributed by atoms with Gasteiger partial charge in [0.25, 0.3) is 10.0 Å². The van der Waals surface area contributed by atoms with E-state index < -0.39 is 22.0 Å². The molecule has 0 spiro atoms. The molecule has 110 valence electrons. The molecule has 0 bridgehead atoms. The van der Waals surface area contributed by atoms with Crippen molar-refractivity contribution < 1.29 is 13.2 Å². The molecule has 21 heavy (non-hydrogen) atoms. The molecular weight excluding hydrogens is 308 g/mol. The van der Waals surface area contributed by atoms with Crippen molar-refractivity contribution in [3.8, 4) is 0 Å². The molecule has 1 aromatic carbocycles. The normalized spacial score (nSPS) is 19.1. The Kier molecular flexibility index (Phi) is 3.56. The van der Waals surface area contributed by atoms with E-state index in [-0.39, 0.29) is 10.8 Å². The summed E-state index contributed by atoms with van der Waals surface area (Å²) in [6.45, 7) is 0.171. The van der Waals surface area contributed by atoms with Crippen LogP contribution in [0.25, 0.3) is 0 Å². The summed E-state index contributed by atoms with van der Waals surface area (Å²) < 4.78 is 26.8. The second kappa shape index (κ2) is 5.25.